The molecule has 116 valence electrons. The fourth-order valence-corrected chi connectivity index (χ4v) is 2.59. The fourth-order valence-electron chi connectivity index (χ4n) is 1.71. The van der Waals surface area contributed by atoms with Gasteiger partial charge in [0.05, 0.1) is 19.4 Å². The van der Waals surface area contributed by atoms with E-state index in [4.69, 9.17) is 4.74 Å². The number of methoxy groups -OCH3 is 1. The molecule has 0 saturated heterocycles. The summed E-state index contributed by atoms with van der Waals surface area (Å²) in [6, 6.07) is 3.25. The molecule has 0 spiro atoms. The van der Waals surface area contributed by atoms with Crippen LogP contribution in [0.5, 0.6) is 5.88 Å². The summed E-state index contributed by atoms with van der Waals surface area (Å²) in [6.45, 7) is 3.89. The number of nitrogens with zero attached hydrogens (tertiary/aromatic N) is 2. The molecule has 0 saturated carbocycles. The zero-order valence-electron chi connectivity index (χ0n) is 12.4. The van der Waals surface area contributed by atoms with Gasteiger partial charge in [-0.3, -0.25) is 10.1 Å². The molecular weight excluding hydrogens is 306 g/mol. The van der Waals surface area contributed by atoms with Gasteiger partial charge < -0.3 is 9.47 Å². The lowest BCUT2D eigenvalue weighted by Gasteiger charge is -2.07. The Hall–Kier alpha value is -2.48. The van der Waals surface area contributed by atoms with Crippen molar-refractivity contribution in [3.8, 4) is 5.88 Å². The van der Waals surface area contributed by atoms with Crippen LogP contribution in [0.15, 0.2) is 18.3 Å². The summed E-state index contributed by atoms with van der Waals surface area (Å²) in [5, 5.41) is 2.95. The Kier molecular flexibility index (Phi) is 5.05. The van der Waals surface area contributed by atoms with Crippen molar-refractivity contribution in [1.29, 1.82) is 0 Å². The van der Waals surface area contributed by atoms with Crippen LogP contribution in [0.4, 0.5) is 5.13 Å². The lowest BCUT2D eigenvalue weighted by atomic mass is 10.2. The van der Waals surface area contributed by atoms with Crippen LogP contribution in [0, 0.1) is 6.92 Å². The standard InChI is InChI=1S/C14H15N3O4S/c1-4-21-12-9(6-5-7-15-12)11(18)17-14-16-8(2)10(22-14)13(19)20-3/h5-7H,4H2,1-3H3,(H,16,17,18). The molecule has 0 aliphatic heterocycles. The van der Waals surface area contributed by atoms with Gasteiger partial charge in [-0.15, -0.1) is 0 Å². The maximum atomic E-state index is 12.3. The lowest BCUT2D eigenvalue weighted by Crippen LogP contribution is -2.14. The van der Waals surface area contributed by atoms with E-state index in [2.05, 4.69) is 20.0 Å². The summed E-state index contributed by atoms with van der Waals surface area (Å²) < 4.78 is 9.98. The number of esters is 1. The highest BCUT2D eigenvalue weighted by Crippen LogP contribution is 2.24. The Bertz CT molecular complexity index is 699. The molecule has 0 aliphatic rings. The Labute approximate surface area is 131 Å². The molecule has 0 bridgehead atoms. The van der Waals surface area contributed by atoms with E-state index < -0.39 is 11.9 Å². The van der Waals surface area contributed by atoms with Crippen molar-refractivity contribution in [3.63, 3.8) is 0 Å². The zero-order chi connectivity index (χ0) is 16.1. The first-order chi connectivity index (χ1) is 10.6. The lowest BCUT2D eigenvalue weighted by molar-refractivity contribution is 0.0605. The molecule has 0 unspecified atom stereocenters. The third-order valence-corrected chi connectivity index (χ3v) is 3.74. The van der Waals surface area contributed by atoms with E-state index >= 15 is 0 Å². The van der Waals surface area contributed by atoms with Crippen molar-refractivity contribution in [2.24, 2.45) is 0 Å². The Morgan fingerprint density at radius 3 is 2.86 bits per heavy atom. The molecule has 0 radical (unpaired) electrons. The first-order valence-corrected chi connectivity index (χ1v) is 7.33. The second kappa shape index (κ2) is 6.99. The van der Waals surface area contributed by atoms with Gasteiger partial charge in [0, 0.05) is 6.20 Å². The first-order valence-electron chi connectivity index (χ1n) is 6.51. The van der Waals surface area contributed by atoms with Gasteiger partial charge in [-0.2, -0.15) is 0 Å². The van der Waals surface area contributed by atoms with Crippen LogP contribution in [0.2, 0.25) is 0 Å². The number of carbonyl (C=O) groups excluding carboxylic acids is 2. The Morgan fingerprint density at radius 1 is 1.41 bits per heavy atom. The highest BCUT2D eigenvalue weighted by molar-refractivity contribution is 7.17. The van der Waals surface area contributed by atoms with Crippen LogP contribution in [0.1, 0.15) is 32.6 Å². The number of aromatic nitrogens is 2. The second-order valence-corrected chi connectivity index (χ2v) is 5.17. The monoisotopic (exact) mass is 321 g/mol. The van der Waals surface area contributed by atoms with E-state index in [1.807, 2.05) is 6.92 Å². The molecule has 2 aromatic heterocycles. The molecule has 0 fully saturated rings. The number of carbonyl (C=O) groups is 2. The number of amides is 1. The third-order valence-electron chi connectivity index (χ3n) is 2.68. The number of ether oxygens (including phenoxy) is 2. The minimum absolute atomic E-state index is 0.254. The molecule has 2 rings (SSSR count). The van der Waals surface area contributed by atoms with Crippen LogP contribution in [0.25, 0.3) is 0 Å². The molecule has 0 aliphatic carbocycles. The molecular formula is C14H15N3O4S. The Morgan fingerprint density at radius 2 is 2.18 bits per heavy atom. The molecule has 2 heterocycles. The number of anilines is 1. The molecule has 22 heavy (non-hydrogen) atoms. The van der Waals surface area contributed by atoms with Crippen LogP contribution >= 0.6 is 11.3 Å². The van der Waals surface area contributed by atoms with Crippen molar-refractivity contribution in [1.82, 2.24) is 9.97 Å². The minimum Gasteiger partial charge on any atom is -0.477 e. The largest absolute Gasteiger partial charge is 0.477 e. The van der Waals surface area contributed by atoms with Crippen LogP contribution in [-0.2, 0) is 4.74 Å². The van der Waals surface area contributed by atoms with Crippen LogP contribution in [0.3, 0.4) is 0 Å². The molecule has 7 nitrogen and oxygen atoms in total. The van der Waals surface area contributed by atoms with Gasteiger partial charge in [-0.25, -0.2) is 14.8 Å². The summed E-state index contributed by atoms with van der Waals surface area (Å²) in [4.78, 5) is 32.4. The van der Waals surface area contributed by atoms with Crippen LogP contribution < -0.4 is 10.1 Å². The van der Waals surface area contributed by atoms with Gasteiger partial charge in [0.15, 0.2) is 5.13 Å². The maximum absolute atomic E-state index is 12.3. The number of hydrogen-bond acceptors (Lipinski definition) is 7. The fraction of sp³-hybridized carbons (Fsp3) is 0.286. The van der Waals surface area contributed by atoms with E-state index in [1.165, 1.54) is 7.11 Å². The molecule has 1 N–H and O–H groups in total. The van der Waals surface area contributed by atoms with Crippen molar-refractivity contribution in [2.75, 3.05) is 19.0 Å². The minimum atomic E-state index is -0.480. The second-order valence-electron chi connectivity index (χ2n) is 4.17. The van der Waals surface area contributed by atoms with E-state index in [0.717, 1.165) is 11.3 Å². The average molecular weight is 321 g/mol. The summed E-state index contributed by atoms with van der Waals surface area (Å²) in [7, 11) is 1.30. The van der Waals surface area contributed by atoms with Gasteiger partial charge in [0.25, 0.3) is 5.91 Å². The van der Waals surface area contributed by atoms with E-state index in [9.17, 15) is 9.59 Å². The van der Waals surface area contributed by atoms with Gasteiger partial charge in [0.2, 0.25) is 5.88 Å². The summed E-state index contributed by atoms with van der Waals surface area (Å²) >= 11 is 1.06. The number of thiazole rings is 1. The van der Waals surface area contributed by atoms with Crippen molar-refractivity contribution in [2.45, 2.75) is 13.8 Å². The predicted octanol–water partition coefficient (Wildman–Crippen LogP) is 2.28. The van der Waals surface area contributed by atoms with Crippen molar-refractivity contribution in [3.05, 3.63) is 34.5 Å². The SMILES string of the molecule is CCOc1ncccc1C(=O)Nc1nc(C)c(C(=O)OC)s1. The van der Waals surface area contributed by atoms with Crippen molar-refractivity contribution < 1.29 is 19.1 Å². The highest BCUT2D eigenvalue weighted by atomic mass is 32.1. The number of pyridine rings is 1. The van der Waals surface area contributed by atoms with Gasteiger partial charge in [-0.05, 0) is 26.0 Å². The van der Waals surface area contributed by atoms with Gasteiger partial charge >= 0.3 is 5.97 Å². The average Bonchev–Trinajstić information content (AvgIpc) is 2.87. The molecule has 2 aromatic rings. The van der Waals surface area contributed by atoms with Crippen molar-refractivity contribution >= 4 is 28.3 Å². The number of aryl methyl sites for hydroxylation is 1. The normalized spacial score (nSPS) is 10.1. The third kappa shape index (κ3) is 3.40. The smallest absolute Gasteiger partial charge is 0.350 e. The van der Waals surface area contributed by atoms with Gasteiger partial charge in [0.1, 0.15) is 10.4 Å². The molecule has 1 amide bonds. The number of nitrogens with one attached hydrogen (secondary N) is 1. The molecule has 0 aromatic carbocycles. The topological polar surface area (TPSA) is 90.4 Å². The van der Waals surface area contributed by atoms with E-state index in [-0.39, 0.29) is 5.88 Å². The summed E-state index contributed by atoms with van der Waals surface area (Å²) in [6.07, 6.45) is 1.55. The predicted molar refractivity (Wildman–Crippen MR) is 81.5 cm³/mol. The highest BCUT2D eigenvalue weighted by Gasteiger charge is 2.19. The number of rotatable bonds is 5. The van der Waals surface area contributed by atoms with E-state index in [1.54, 1.807) is 25.3 Å². The summed E-state index contributed by atoms with van der Waals surface area (Å²) in [5.41, 5.74) is 0.806. The Balaban J connectivity index is 2.21. The first kappa shape index (κ1) is 15.9. The zero-order valence-corrected chi connectivity index (χ0v) is 13.2. The summed E-state index contributed by atoms with van der Waals surface area (Å²) in [5.74, 6) is -0.627. The quantitative estimate of drug-likeness (QED) is 0.850. The van der Waals surface area contributed by atoms with Crippen LogP contribution in [-0.4, -0.2) is 35.6 Å². The molecule has 8 heteroatoms. The molecule has 0 atom stereocenters. The maximum Gasteiger partial charge on any atom is 0.350 e. The van der Waals surface area contributed by atoms with E-state index in [0.29, 0.717) is 27.9 Å². The van der Waals surface area contributed by atoms with Gasteiger partial charge in [-0.1, -0.05) is 11.3 Å². The number of hydrogen-bond donors (Lipinski definition) is 1.